The van der Waals surface area contributed by atoms with Crippen LogP contribution < -0.4 is 19.5 Å². The van der Waals surface area contributed by atoms with E-state index in [1.807, 2.05) is 55.8 Å². The number of para-hydroxylation sites is 1. The van der Waals surface area contributed by atoms with Crippen LogP contribution >= 0.6 is 7.52 Å². The minimum Gasteiger partial charge on any atom is -0.493 e. The normalized spacial score (nSPS) is 17.1. The molecule has 1 aliphatic heterocycles. The van der Waals surface area contributed by atoms with Gasteiger partial charge in [0.05, 0.1) is 32.7 Å². The Morgan fingerprint density at radius 2 is 1.62 bits per heavy atom. The molecular weight excluding hydrogens is 455 g/mol. The van der Waals surface area contributed by atoms with Crippen molar-refractivity contribution in [2.75, 3.05) is 34.4 Å². The smallest absolute Gasteiger partial charge is 0.356 e. The maximum atomic E-state index is 14.6. The molecule has 0 radical (unpaired) electrons. The average Bonchev–Trinajstić information content (AvgIpc) is 3.21. The third kappa shape index (κ3) is 3.85. The number of aliphatic imine (C=N–C) groups is 1. The molecule has 1 atom stereocenters. The van der Waals surface area contributed by atoms with Crippen LogP contribution in [0.1, 0.15) is 25.1 Å². The lowest BCUT2D eigenvalue weighted by molar-refractivity contribution is 0.324. The molecular formula is C24H29N4O5P. The zero-order valence-electron chi connectivity index (χ0n) is 20.2. The van der Waals surface area contributed by atoms with E-state index in [9.17, 15) is 4.57 Å². The van der Waals surface area contributed by atoms with Crippen LogP contribution in [0.5, 0.6) is 17.2 Å². The number of benzene rings is 2. The van der Waals surface area contributed by atoms with Gasteiger partial charge in [-0.25, -0.2) is 9.35 Å². The number of fused-ring (bicyclic) bond motifs is 1. The predicted molar refractivity (Wildman–Crippen MR) is 132 cm³/mol. The predicted octanol–water partition coefficient (Wildman–Crippen LogP) is 4.48. The van der Waals surface area contributed by atoms with Crippen LogP contribution in [0, 0.1) is 6.92 Å². The second-order valence-corrected chi connectivity index (χ2v) is 9.82. The van der Waals surface area contributed by atoms with Crippen LogP contribution in [-0.2, 0) is 9.09 Å². The number of aromatic nitrogens is 2. The lowest BCUT2D eigenvalue weighted by atomic mass is 10.1. The Bertz CT molecular complexity index is 1240. The van der Waals surface area contributed by atoms with Gasteiger partial charge in [0.25, 0.3) is 0 Å². The molecule has 0 aliphatic carbocycles. The van der Waals surface area contributed by atoms with E-state index in [1.54, 1.807) is 16.8 Å². The Labute approximate surface area is 199 Å². The Morgan fingerprint density at radius 3 is 2.15 bits per heavy atom. The number of ether oxygens (including phenoxy) is 3. The molecule has 0 bridgehead atoms. The molecule has 2 heterocycles. The van der Waals surface area contributed by atoms with Crippen molar-refractivity contribution in [2.24, 2.45) is 4.99 Å². The third-order valence-corrected chi connectivity index (χ3v) is 8.54. The molecule has 0 unspecified atom stereocenters. The summed E-state index contributed by atoms with van der Waals surface area (Å²) in [6, 6.07) is 13.1. The fourth-order valence-corrected chi connectivity index (χ4v) is 6.55. The first-order valence-electron chi connectivity index (χ1n) is 11.0. The Morgan fingerprint density at radius 1 is 1.00 bits per heavy atom. The highest BCUT2D eigenvalue weighted by Gasteiger charge is 2.45. The maximum absolute atomic E-state index is 14.6. The Hall–Kier alpha value is -3.29. The van der Waals surface area contributed by atoms with Crippen LogP contribution in [0.3, 0.4) is 0 Å². The van der Waals surface area contributed by atoms with Gasteiger partial charge in [-0.05, 0) is 31.2 Å². The van der Waals surface area contributed by atoms with E-state index in [-0.39, 0.29) is 5.90 Å². The Balaban J connectivity index is 2.00. The summed E-state index contributed by atoms with van der Waals surface area (Å²) in [6.45, 7) is 6.80. The summed E-state index contributed by atoms with van der Waals surface area (Å²) in [5.74, 6) is 2.01. The zero-order chi connectivity index (χ0) is 24.5. The molecule has 10 heteroatoms. The first kappa shape index (κ1) is 23.9. The molecule has 0 saturated heterocycles. The standard InChI is InChI=1S/C24H29N4O5P/c1-7-27(8-2)34(29)22-16(3)26-28(18-12-10-9-11-13-18)23(22)25-24(33-34)17-14-19(30-4)21(32-6)20(15-17)31-5/h9-15H,7-8H2,1-6H3/t34-/m0/s1. The zero-order valence-corrected chi connectivity index (χ0v) is 21.1. The number of rotatable bonds is 8. The fraction of sp³-hybridized carbons (Fsp3) is 0.333. The molecule has 34 heavy (non-hydrogen) atoms. The number of methoxy groups -OCH3 is 3. The summed E-state index contributed by atoms with van der Waals surface area (Å²) in [5.41, 5.74) is 1.97. The lowest BCUT2D eigenvalue weighted by Gasteiger charge is -2.32. The highest BCUT2D eigenvalue weighted by atomic mass is 31.2. The van der Waals surface area contributed by atoms with E-state index in [2.05, 4.69) is 0 Å². The maximum Gasteiger partial charge on any atom is 0.356 e. The van der Waals surface area contributed by atoms with E-state index >= 15 is 0 Å². The minimum atomic E-state index is -3.53. The molecule has 1 aliphatic rings. The van der Waals surface area contributed by atoms with Gasteiger partial charge in [-0.2, -0.15) is 10.1 Å². The second kappa shape index (κ2) is 9.52. The molecule has 0 amide bonds. The lowest BCUT2D eigenvalue weighted by Crippen LogP contribution is -2.32. The van der Waals surface area contributed by atoms with Crippen LogP contribution in [-0.4, -0.2) is 54.8 Å². The SMILES string of the molecule is CCN(CC)[P@@]1(=O)OC(c2cc(OC)c(OC)c(OC)c2)=Nc2c1c(C)nn2-c1ccccc1. The summed E-state index contributed by atoms with van der Waals surface area (Å²) < 4.78 is 40.8. The Kier molecular flexibility index (Phi) is 6.68. The monoisotopic (exact) mass is 484 g/mol. The van der Waals surface area contributed by atoms with Gasteiger partial charge < -0.3 is 18.7 Å². The van der Waals surface area contributed by atoms with Crippen molar-refractivity contribution in [1.82, 2.24) is 14.5 Å². The number of hydrogen-bond donors (Lipinski definition) is 0. The largest absolute Gasteiger partial charge is 0.493 e. The first-order valence-corrected chi connectivity index (χ1v) is 12.6. The molecule has 0 spiro atoms. The second-order valence-electron chi connectivity index (χ2n) is 7.59. The van der Waals surface area contributed by atoms with E-state index in [1.165, 1.54) is 21.3 Å². The van der Waals surface area contributed by atoms with Crippen molar-refractivity contribution in [3.8, 4) is 22.9 Å². The first-order chi connectivity index (χ1) is 16.4. The number of nitrogens with zero attached hydrogens (tertiary/aromatic N) is 4. The van der Waals surface area contributed by atoms with Gasteiger partial charge in [-0.1, -0.05) is 32.0 Å². The van der Waals surface area contributed by atoms with Crippen LogP contribution in [0.25, 0.3) is 5.69 Å². The summed E-state index contributed by atoms with van der Waals surface area (Å²) >= 11 is 0. The minimum absolute atomic E-state index is 0.194. The highest BCUT2D eigenvalue weighted by Crippen LogP contribution is 2.56. The molecule has 0 N–H and O–H groups in total. The van der Waals surface area contributed by atoms with Crippen molar-refractivity contribution in [3.05, 3.63) is 53.7 Å². The van der Waals surface area contributed by atoms with Crippen LogP contribution in [0.15, 0.2) is 47.5 Å². The summed E-state index contributed by atoms with van der Waals surface area (Å²) in [5, 5.41) is 5.20. The van der Waals surface area contributed by atoms with Gasteiger partial charge in [0, 0.05) is 18.7 Å². The molecule has 1 aromatic heterocycles. The molecule has 2 aromatic carbocycles. The summed E-state index contributed by atoms with van der Waals surface area (Å²) in [7, 11) is 1.08. The van der Waals surface area contributed by atoms with E-state index < -0.39 is 7.52 Å². The average molecular weight is 484 g/mol. The van der Waals surface area contributed by atoms with Gasteiger partial charge in [-0.3, -0.25) is 4.57 Å². The fourth-order valence-electron chi connectivity index (χ4n) is 4.08. The van der Waals surface area contributed by atoms with Crippen molar-refractivity contribution in [3.63, 3.8) is 0 Å². The molecule has 180 valence electrons. The number of aryl methyl sites for hydroxylation is 1. The van der Waals surface area contributed by atoms with Crippen LogP contribution in [0.2, 0.25) is 0 Å². The summed E-state index contributed by atoms with van der Waals surface area (Å²) in [6.07, 6.45) is 0. The van der Waals surface area contributed by atoms with Gasteiger partial charge >= 0.3 is 7.52 Å². The quantitative estimate of drug-likeness (QED) is 0.436. The van der Waals surface area contributed by atoms with Crippen molar-refractivity contribution < 1.29 is 23.3 Å². The molecule has 4 rings (SSSR count). The third-order valence-electron chi connectivity index (χ3n) is 5.72. The molecule has 0 fully saturated rings. The van der Waals surface area contributed by atoms with Crippen molar-refractivity contribution in [2.45, 2.75) is 20.8 Å². The topological polar surface area (TPSA) is 87.4 Å². The summed E-state index contributed by atoms with van der Waals surface area (Å²) in [4.78, 5) is 4.81. The van der Waals surface area contributed by atoms with Gasteiger partial charge in [0.15, 0.2) is 17.3 Å². The van der Waals surface area contributed by atoms with Gasteiger partial charge in [0.1, 0.15) is 5.30 Å². The van der Waals surface area contributed by atoms with E-state index in [0.717, 1.165) is 5.69 Å². The number of hydrogen-bond acceptors (Lipinski definition) is 7. The van der Waals surface area contributed by atoms with Gasteiger partial charge in [0.2, 0.25) is 11.6 Å². The highest BCUT2D eigenvalue weighted by molar-refractivity contribution is 7.65. The van der Waals surface area contributed by atoms with E-state index in [4.69, 9.17) is 28.8 Å². The van der Waals surface area contributed by atoms with Crippen LogP contribution in [0.4, 0.5) is 5.82 Å². The van der Waals surface area contributed by atoms with Crippen molar-refractivity contribution in [1.29, 1.82) is 0 Å². The molecule has 9 nitrogen and oxygen atoms in total. The van der Waals surface area contributed by atoms with Gasteiger partial charge in [-0.15, -0.1) is 0 Å². The molecule has 3 aromatic rings. The molecule has 0 saturated carbocycles. The van der Waals surface area contributed by atoms with Crippen molar-refractivity contribution >= 4 is 24.5 Å². The van der Waals surface area contributed by atoms with E-state index in [0.29, 0.717) is 52.7 Å².